The van der Waals surface area contributed by atoms with E-state index in [4.69, 9.17) is 0 Å². The Morgan fingerprint density at radius 3 is 2.53 bits per heavy atom. The smallest absolute Gasteiger partial charge is 0.317 e. The molecule has 19 heavy (non-hydrogen) atoms. The molecule has 0 radical (unpaired) electrons. The Hall–Kier alpha value is -0.770. The quantitative estimate of drug-likeness (QED) is 0.850. The minimum Gasteiger partial charge on any atom is -0.337 e. The maximum absolute atomic E-state index is 12.0. The molecule has 2 aliphatic rings. The number of amides is 2. The Bertz CT molecular complexity index is 287. The topological polar surface area (TPSA) is 35.6 Å². The summed E-state index contributed by atoms with van der Waals surface area (Å²) in [5.74, 6) is 1.59. The van der Waals surface area contributed by atoms with Crippen LogP contribution in [0, 0.1) is 11.8 Å². The standard InChI is InChI=1S/C15H29N3O/c1-13-5-9-18(10-6-13)15(19)16-7-11-17-8-3-4-14(2)12-17/h13-14H,3-12H2,1-2H3,(H,16,19). The lowest BCUT2D eigenvalue weighted by molar-refractivity contribution is 0.164. The SMILES string of the molecule is CC1CCN(C(=O)NCCN2CCCC(C)C2)CC1. The maximum Gasteiger partial charge on any atom is 0.317 e. The van der Waals surface area contributed by atoms with Crippen LogP contribution in [0.4, 0.5) is 4.79 Å². The first-order valence-electron chi connectivity index (χ1n) is 7.90. The van der Waals surface area contributed by atoms with Gasteiger partial charge < -0.3 is 15.1 Å². The van der Waals surface area contributed by atoms with Crippen LogP contribution in [0.2, 0.25) is 0 Å². The summed E-state index contributed by atoms with van der Waals surface area (Å²) >= 11 is 0. The van der Waals surface area contributed by atoms with Crippen molar-refractivity contribution in [2.45, 2.75) is 39.5 Å². The summed E-state index contributed by atoms with van der Waals surface area (Å²) in [7, 11) is 0. The van der Waals surface area contributed by atoms with Crippen LogP contribution in [0.1, 0.15) is 39.5 Å². The number of carbonyl (C=O) groups excluding carboxylic acids is 1. The molecule has 0 aromatic carbocycles. The number of piperidine rings is 2. The predicted octanol–water partition coefficient (Wildman–Crippen LogP) is 2.16. The predicted molar refractivity (Wildman–Crippen MR) is 78.2 cm³/mol. The van der Waals surface area contributed by atoms with E-state index < -0.39 is 0 Å². The van der Waals surface area contributed by atoms with Gasteiger partial charge in [-0.1, -0.05) is 13.8 Å². The molecule has 4 heteroatoms. The number of nitrogens with one attached hydrogen (secondary N) is 1. The molecule has 2 amide bonds. The average Bonchev–Trinajstić information content (AvgIpc) is 2.39. The largest absolute Gasteiger partial charge is 0.337 e. The molecule has 110 valence electrons. The van der Waals surface area contributed by atoms with Crippen molar-refractivity contribution in [3.8, 4) is 0 Å². The van der Waals surface area contributed by atoms with Crippen LogP contribution in [0.5, 0.6) is 0 Å². The average molecular weight is 267 g/mol. The zero-order chi connectivity index (χ0) is 13.7. The zero-order valence-electron chi connectivity index (χ0n) is 12.5. The lowest BCUT2D eigenvalue weighted by Gasteiger charge is -2.32. The van der Waals surface area contributed by atoms with Gasteiger partial charge in [-0.2, -0.15) is 0 Å². The Kier molecular flexibility index (Phi) is 5.49. The summed E-state index contributed by atoms with van der Waals surface area (Å²) in [6, 6.07) is 0.136. The molecule has 2 aliphatic heterocycles. The first-order valence-corrected chi connectivity index (χ1v) is 7.90. The Morgan fingerprint density at radius 1 is 1.11 bits per heavy atom. The highest BCUT2D eigenvalue weighted by Crippen LogP contribution is 2.16. The van der Waals surface area contributed by atoms with Crippen molar-refractivity contribution >= 4 is 6.03 Å². The summed E-state index contributed by atoms with van der Waals surface area (Å²) in [5, 5.41) is 3.07. The van der Waals surface area contributed by atoms with Gasteiger partial charge in [0.2, 0.25) is 0 Å². The fraction of sp³-hybridized carbons (Fsp3) is 0.933. The molecule has 2 fully saturated rings. The molecule has 0 aromatic rings. The van der Waals surface area contributed by atoms with E-state index in [0.717, 1.165) is 50.9 Å². The number of nitrogens with zero attached hydrogens (tertiary/aromatic N) is 2. The summed E-state index contributed by atoms with van der Waals surface area (Å²) in [6.45, 7) is 10.6. The van der Waals surface area contributed by atoms with Gasteiger partial charge in [-0.25, -0.2) is 4.79 Å². The summed E-state index contributed by atoms with van der Waals surface area (Å²) < 4.78 is 0. The summed E-state index contributed by atoms with van der Waals surface area (Å²) in [4.78, 5) is 16.5. The van der Waals surface area contributed by atoms with Crippen molar-refractivity contribution in [2.75, 3.05) is 39.3 Å². The van der Waals surface area contributed by atoms with E-state index >= 15 is 0 Å². The van der Waals surface area contributed by atoms with Gasteiger partial charge >= 0.3 is 6.03 Å². The van der Waals surface area contributed by atoms with Crippen molar-refractivity contribution in [1.82, 2.24) is 15.1 Å². The number of likely N-dealkylation sites (tertiary alicyclic amines) is 2. The van der Waals surface area contributed by atoms with Crippen LogP contribution in [-0.2, 0) is 0 Å². The molecule has 4 nitrogen and oxygen atoms in total. The van der Waals surface area contributed by atoms with E-state index in [9.17, 15) is 4.79 Å². The van der Waals surface area contributed by atoms with Crippen LogP contribution in [-0.4, -0.2) is 55.1 Å². The fourth-order valence-electron chi connectivity index (χ4n) is 3.13. The molecule has 2 saturated heterocycles. The van der Waals surface area contributed by atoms with Crippen molar-refractivity contribution in [2.24, 2.45) is 11.8 Å². The van der Waals surface area contributed by atoms with Crippen LogP contribution in [0.25, 0.3) is 0 Å². The van der Waals surface area contributed by atoms with Crippen molar-refractivity contribution in [3.05, 3.63) is 0 Å². The van der Waals surface area contributed by atoms with Crippen LogP contribution in [0.15, 0.2) is 0 Å². The third-order valence-corrected chi connectivity index (χ3v) is 4.52. The second-order valence-electron chi connectivity index (χ2n) is 6.45. The first-order chi connectivity index (χ1) is 9.15. The Morgan fingerprint density at radius 2 is 1.84 bits per heavy atom. The highest BCUT2D eigenvalue weighted by molar-refractivity contribution is 5.74. The Labute approximate surface area is 117 Å². The van der Waals surface area contributed by atoms with Crippen LogP contribution >= 0.6 is 0 Å². The molecule has 1 atom stereocenters. The number of urea groups is 1. The minimum absolute atomic E-state index is 0.136. The van der Waals surface area contributed by atoms with Crippen LogP contribution < -0.4 is 5.32 Å². The molecule has 0 aliphatic carbocycles. The highest BCUT2D eigenvalue weighted by atomic mass is 16.2. The van der Waals surface area contributed by atoms with Crippen molar-refractivity contribution in [3.63, 3.8) is 0 Å². The van der Waals surface area contributed by atoms with Gasteiger partial charge in [0.05, 0.1) is 0 Å². The molecule has 0 saturated carbocycles. The highest BCUT2D eigenvalue weighted by Gasteiger charge is 2.20. The molecule has 2 heterocycles. The number of carbonyl (C=O) groups is 1. The van der Waals surface area contributed by atoms with E-state index in [1.807, 2.05) is 4.90 Å². The monoisotopic (exact) mass is 267 g/mol. The van der Waals surface area contributed by atoms with Crippen LogP contribution in [0.3, 0.4) is 0 Å². The van der Waals surface area contributed by atoms with Crippen molar-refractivity contribution in [1.29, 1.82) is 0 Å². The molecule has 0 spiro atoms. The van der Waals surface area contributed by atoms with Gasteiger partial charge in [0, 0.05) is 32.7 Å². The van der Waals surface area contributed by atoms with Gasteiger partial charge in [0.25, 0.3) is 0 Å². The van der Waals surface area contributed by atoms with E-state index in [2.05, 4.69) is 24.1 Å². The molecule has 0 bridgehead atoms. The van der Waals surface area contributed by atoms with E-state index in [1.54, 1.807) is 0 Å². The molecule has 0 aromatic heterocycles. The van der Waals surface area contributed by atoms with E-state index in [1.165, 1.54) is 25.9 Å². The normalized spacial score (nSPS) is 26.4. The number of hydrogen-bond donors (Lipinski definition) is 1. The third-order valence-electron chi connectivity index (χ3n) is 4.52. The Balaban J connectivity index is 1.61. The van der Waals surface area contributed by atoms with Gasteiger partial charge in [0.15, 0.2) is 0 Å². The summed E-state index contributed by atoms with van der Waals surface area (Å²) in [5.41, 5.74) is 0. The van der Waals surface area contributed by atoms with Crippen molar-refractivity contribution < 1.29 is 4.79 Å². The van der Waals surface area contributed by atoms with Gasteiger partial charge in [-0.3, -0.25) is 0 Å². The minimum atomic E-state index is 0.136. The molecule has 1 unspecified atom stereocenters. The second kappa shape index (κ2) is 7.13. The molecular formula is C15H29N3O. The van der Waals surface area contributed by atoms with E-state index in [0.29, 0.717) is 0 Å². The third kappa shape index (κ3) is 4.68. The second-order valence-corrected chi connectivity index (χ2v) is 6.45. The van der Waals surface area contributed by atoms with Gasteiger partial charge in [-0.15, -0.1) is 0 Å². The van der Waals surface area contributed by atoms with E-state index in [-0.39, 0.29) is 6.03 Å². The number of hydrogen-bond acceptors (Lipinski definition) is 2. The maximum atomic E-state index is 12.0. The lowest BCUT2D eigenvalue weighted by Crippen LogP contribution is -2.47. The molecule has 2 rings (SSSR count). The van der Waals surface area contributed by atoms with Gasteiger partial charge in [0.1, 0.15) is 0 Å². The van der Waals surface area contributed by atoms with Gasteiger partial charge in [-0.05, 0) is 44.1 Å². The molecule has 1 N–H and O–H groups in total. The number of rotatable bonds is 3. The summed E-state index contributed by atoms with van der Waals surface area (Å²) in [6.07, 6.45) is 4.96. The zero-order valence-corrected chi connectivity index (χ0v) is 12.5. The first kappa shape index (κ1) is 14.6. The lowest BCUT2D eigenvalue weighted by atomic mass is 10.00. The molecular weight excluding hydrogens is 238 g/mol. The fourth-order valence-corrected chi connectivity index (χ4v) is 3.13.